The molecule has 0 aliphatic heterocycles. The van der Waals surface area contributed by atoms with Crippen molar-refractivity contribution in [2.24, 2.45) is 0 Å². The monoisotopic (exact) mass is 396 g/mol. The van der Waals surface area contributed by atoms with Gasteiger partial charge in [-0.15, -0.1) is 0 Å². The molecule has 0 radical (unpaired) electrons. The predicted molar refractivity (Wildman–Crippen MR) is 111 cm³/mol. The third-order valence-electron chi connectivity index (χ3n) is 3.69. The Balaban J connectivity index is 1.68. The van der Waals surface area contributed by atoms with Crippen molar-refractivity contribution in [1.82, 2.24) is 4.98 Å². The van der Waals surface area contributed by atoms with Gasteiger partial charge in [-0.05, 0) is 38.1 Å². The van der Waals surface area contributed by atoms with Crippen molar-refractivity contribution in [3.8, 4) is 5.75 Å². The fraction of sp³-hybridized carbons (Fsp3) is 0.150. The van der Waals surface area contributed by atoms with Crippen molar-refractivity contribution in [3.63, 3.8) is 0 Å². The van der Waals surface area contributed by atoms with Crippen molar-refractivity contribution in [2.45, 2.75) is 13.8 Å². The minimum atomic E-state index is -0.423. The molecule has 7 nitrogen and oxygen atoms in total. The van der Waals surface area contributed by atoms with Crippen LogP contribution in [0.2, 0.25) is 0 Å². The number of benzene rings is 2. The summed E-state index contributed by atoms with van der Waals surface area (Å²) >= 11 is 1.11. The largest absolute Gasteiger partial charge is 0.492 e. The standard InChI is InChI=1S/C20H20N4O3S/c1-3-27-16-12-8-7-11-15(16)23-18(25)17-13(2)21-20(28-17)24-19(26)22-14-9-5-4-6-10-14/h4-12H,3H2,1-2H3,(H,23,25)(H2,21,22,24,26). The quantitative estimate of drug-likeness (QED) is 0.561. The highest BCUT2D eigenvalue weighted by molar-refractivity contribution is 7.17. The van der Waals surface area contributed by atoms with Gasteiger partial charge in [-0.1, -0.05) is 41.7 Å². The lowest BCUT2D eigenvalue weighted by Gasteiger charge is -2.10. The van der Waals surface area contributed by atoms with E-state index in [2.05, 4.69) is 20.9 Å². The molecular weight excluding hydrogens is 376 g/mol. The molecule has 8 heteroatoms. The summed E-state index contributed by atoms with van der Waals surface area (Å²) in [5.74, 6) is 0.291. The number of nitrogens with one attached hydrogen (secondary N) is 3. The van der Waals surface area contributed by atoms with E-state index in [0.717, 1.165) is 11.3 Å². The molecule has 0 aliphatic rings. The minimum absolute atomic E-state index is 0.307. The maximum absolute atomic E-state index is 12.7. The van der Waals surface area contributed by atoms with Crippen LogP contribution in [-0.2, 0) is 0 Å². The van der Waals surface area contributed by atoms with Crippen LogP contribution in [0.15, 0.2) is 54.6 Å². The average molecular weight is 396 g/mol. The van der Waals surface area contributed by atoms with Crippen LogP contribution >= 0.6 is 11.3 Å². The maximum atomic E-state index is 12.7. The van der Waals surface area contributed by atoms with E-state index in [1.54, 1.807) is 31.2 Å². The summed E-state index contributed by atoms with van der Waals surface area (Å²) in [7, 11) is 0. The molecule has 0 bridgehead atoms. The number of aryl methyl sites for hydroxylation is 1. The van der Waals surface area contributed by atoms with Gasteiger partial charge in [0.15, 0.2) is 5.13 Å². The van der Waals surface area contributed by atoms with Crippen LogP contribution in [-0.4, -0.2) is 23.5 Å². The molecule has 0 aliphatic carbocycles. The molecule has 3 rings (SSSR count). The number of anilines is 3. The van der Waals surface area contributed by atoms with Gasteiger partial charge in [0.25, 0.3) is 5.91 Å². The second-order valence-electron chi connectivity index (χ2n) is 5.76. The minimum Gasteiger partial charge on any atom is -0.492 e. The molecular formula is C20H20N4O3S. The zero-order valence-corrected chi connectivity index (χ0v) is 16.3. The first-order chi connectivity index (χ1) is 13.6. The molecule has 0 unspecified atom stereocenters. The zero-order chi connectivity index (χ0) is 19.9. The molecule has 28 heavy (non-hydrogen) atoms. The summed E-state index contributed by atoms with van der Waals surface area (Å²) in [5.41, 5.74) is 1.78. The van der Waals surface area contributed by atoms with Crippen molar-refractivity contribution < 1.29 is 14.3 Å². The van der Waals surface area contributed by atoms with Crippen LogP contribution in [0.4, 0.5) is 21.3 Å². The first-order valence-corrected chi connectivity index (χ1v) is 9.52. The van der Waals surface area contributed by atoms with Gasteiger partial charge >= 0.3 is 6.03 Å². The van der Waals surface area contributed by atoms with Crippen molar-refractivity contribution in [1.29, 1.82) is 0 Å². The Morgan fingerprint density at radius 1 is 1.00 bits per heavy atom. The Labute approximate surface area is 166 Å². The van der Waals surface area contributed by atoms with Gasteiger partial charge in [-0.2, -0.15) is 0 Å². The lowest BCUT2D eigenvalue weighted by molar-refractivity contribution is 0.102. The number of para-hydroxylation sites is 3. The van der Waals surface area contributed by atoms with Crippen LogP contribution in [0.1, 0.15) is 22.3 Å². The lowest BCUT2D eigenvalue weighted by atomic mass is 10.2. The summed E-state index contributed by atoms with van der Waals surface area (Å²) in [6, 6.07) is 15.9. The molecule has 0 saturated heterocycles. The summed E-state index contributed by atoms with van der Waals surface area (Å²) in [5, 5.41) is 8.54. The fourth-order valence-corrected chi connectivity index (χ4v) is 3.33. The first-order valence-electron chi connectivity index (χ1n) is 8.70. The molecule has 0 spiro atoms. The van der Waals surface area contributed by atoms with E-state index < -0.39 is 6.03 Å². The van der Waals surface area contributed by atoms with E-state index in [9.17, 15) is 9.59 Å². The number of ether oxygens (including phenoxy) is 1. The highest BCUT2D eigenvalue weighted by atomic mass is 32.1. The van der Waals surface area contributed by atoms with Gasteiger partial charge in [-0.3, -0.25) is 10.1 Å². The first kappa shape index (κ1) is 19.4. The topological polar surface area (TPSA) is 92.4 Å². The molecule has 3 N–H and O–H groups in total. The van der Waals surface area contributed by atoms with Gasteiger partial charge in [-0.25, -0.2) is 9.78 Å². The molecule has 0 atom stereocenters. The number of aromatic nitrogens is 1. The third kappa shape index (κ3) is 4.86. The highest BCUT2D eigenvalue weighted by Crippen LogP contribution is 2.27. The number of rotatable bonds is 6. The van der Waals surface area contributed by atoms with Gasteiger partial charge < -0.3 is 15.4 Å². The summed E-state index contributed by atoms with van der Waals surface area (Å²) in [4.78, 5) is 29.5. The van der Waals surface area contributed by atoms with E-state index in [1.807, 2.05) is 37.3 Å². The number of carbonyl (C=O) groups is 2. The van der Waals surface area contributed by atoms with E-state index in [1.165, 1.54) is 0 Å². The van der Waals surface area contributed by atoms with E-state index in [-0.39, 0.29) is 5.91 Å². The van der Waals surface area contributed by atoms with E-state index >= 15 is 0 Å². The number of amides is 3. The zero-order valence-electron chi connectivity index (χ0n) is 15.5. The second-order valence-corrected chi connectivity index (χ2v) is 6.76. The van der Waals surface area contributed by atoms with Gasteiger partial charge in [0.1, 0.15) is 10.6 Å². The van der Waals surface area contributed by atoms with Crippen LogP contribution in [0.3, 0.4) is 0 Å². The number of urea groups is 1. The molecule has 1 heterocycles. The number of carbonyl (C=O) groups excluding carboxylic acids is 2. The van der Waals surface area contributed by atoms with Gasteiger partial charge in [0, 0.05) is 5.69 Å². The van der Waals surface area contributed by atoms with Crippen LogP contribution in [0.5, 0.6) is 5.75 Å². The van der Waals surface area contributed by atoms with Crippen LogP contribution < -0.4 is 20.7 Å². The number of hydrogen-bond donors (Lipinski definition) is 3. The Morgan fingerprint density at radius 3 is 2.46 bits per heavy atom. The van der Waals surface area contributed by atoms with Crippen LogP contribution in [0.25, 0.3) is 0 Å². The van der Waals surface area contributed by atoms with Crippen molar-refractivity contribution >= 4 is 39.8 Å². The molecule has 2 aromatic carbocycles. The summed E-state index contributed by atoms with van der Waals surface area (Å²) < 4.78 is 5.53. The third-order valence-corrected chi connectivity index (χ3v) is 4.76. The number of nitrogens with zero attached hydrogens (tertiary/aromatic N) is 1. The fourth-order valence-electron chi connectivity index (χ4n) is 2.47. The lowest BCUT2D eigenvalue weighted by Crippen LogP contribution is -2.19. The molecule has 0 fully saturated rings. The maximum Gasteiger partial charge on any atom is 0.325 e. The second kappa shape index (κ2) is 9.01. The SMILES string of the molecule is CCOc1ccccc1NC(=O)c1sc(NC(=O)Nc2ccccc2)nc1C. The van der Waals surface area contributed by atoms with E-state index in [4.69, 9.17) is 4.74 Å². The van der Waals surface area contributed by atoms with Crippen molar-refractivity contribution in [2.75, 3.05) is 22.6 Å². The smallest absolute Gasteiger partial charge is 0.325 e. The number of thiazole rings is 1. The molecule has 3 amide bonds. The van der Waals surface area contributed by atoms with Gasteiger partial charge in [0.2, 0.25) is 0 Å². The van der Waals surface area contributed by atoms with Crippen LogP contribution in [0, 0.1) is 6.92 Å². The Morgan fingerprint density at radius 2 is 1.71 bits per heavy atom. The normalized spacial score (nSPS) is 10.2. The Hall–Kier alpha value is -3.39. The summed E-state index contributed by atoms with van der Waals surface area (Å²) in [6.07, 6.45) is 0. The highest BCUT2D eigenvalue weighted by Gasteiger charge is 2.18. The predicted octanol–water partition coefficient (Wildman–Crippen LogP) is 4.75. The Bertz CT molecular complexity index is 973. The average Bonchev–Trinajstić information content (AvgIpc) is 3.04. The van der Waals surface area contributed by atoms with Crippen molar-refractivity contribution in [3.05, 3.63) is 65.2 Å². The van der Waals surface area contributed by atoms with E-state index in [0.29, 0.717) is 39.4 Å². The summed E-state index contributed by atoms with van der Waals surface area (Å²) in [6.45, 7) is 4.10. The number of hydrogen-bond acceptors (Lipinski definition) is 5. The Kier molecular flexibility index (Phi) is 6.23. The molecule has 144 valence electrons. The molecule has 1 aromatic heterocycles. The van der Waals surface area contributed by atoms with Gasteiger partial charge in [0.05, 0.1) is 18.0 Å². The molecule has 3 aromatic rings. The molecule has 0 saturated carbocycles.